The maximum absolute atomic E-state index is 15.2. The number of hydrogen-bond donors (Lipinski definition) is 3. The third-order valence-electron chi connectivity index (χ3n) is 5.81. The van der Waals surface area contributed by atoms with Crippen molar-refractivity contribution in [3.8, 4) is 17.7 Å². The fraction of sp³-hybridized carbons (Fsp3) is 0.381. The van der Waals surface area contributed by atoms with E-state index in [1.807, 2.05) is 6.07 Å². The molecule has 0 spiro atoms. The first kappa shape index (κ1) is 23.2. The molecule has 3 heterocycles. The number of halogens is 1. The summed E-state index contributed by atoms with van der Waals surface area (Å²) in [5, 5.41) is 8.17. The summed E-state index contributed by atoms with van der Waals surface area (Å²) in [5.41, 5.74) is 4.93. The Balaban J connectivity index is 1.79. The molecule has 1 aromatic heterocycles. The molecule has 0 radical (unpaired) electrons. The van der Waals surface area contributed by atoms with Crippen molar-refractivity contribution in [2.75, 3.05) is 27.4 Å². The van der Waals surface area contributed by atoms with Crippen LogP contribution in [0, 0.1) is 17.1 Å². The van der Waals surface area contributed by atoms with Crippen molar-refractivity contribution < 1.29 is 27.7 Å². The molecule has 0 unspecified atom stereocenters. The normalized spacial score (nSPS) is 27.2. The molecule has 1 saturated heterocycles. The smallest absolute Gasteiger partial charge is 0.220 e. The Morgan fingerprint density at radius 3 is 2.91 bits per heavy atom. The number of ether oxygens (including phenoxy) is 3. The summed E-state index contributed by atoms with van der Waals surface area (Å²) >= 11 is 0. The molecule has 33 heavy (non-hydrogen) atoms. The Bertz CT molecular complexity index is 1130. The Labute approximate surface area is 191 Å². The predicted molar refractivity (Wildman–Crippen MR) is 119 cm³/mol. The minimum absolute atomic E-state index is 0.0494. The number of aliphatic imine (C=N–C) groups is 1. The zero-order valence-corrected chi connectivity index (χ0v) is 18.8. The van der Waals surface area contributed by atoms with Gasteiger partial charge >= 0.3 is 0 Å². The summed E-state index contributed by atoms with van der Waals surface area (Å²) in [7, 11) is -0.532. The summed E-state index contributed by atoms with van der Waals surface area (Å²) in [5.74, 6) is -0.396. The van der Waals surface area contributed by atoms with Gasteiger partial charge in [-0.15, -0.1) is 10.8 Å². The molecule has 0 bridgehead atoms. The molecule has 4 rings (SSSR count). The van der Waals surface area contributed by atoms with Crippen LogP contribution in [-0.4, -0.2) is 63.1 Å². The third kappa shape index (κ3) is 4.09. The quantitative estimate of drug-likeness (QED) is 0.591. The highest BCUT2D eigenvalue weighted by Crippen LogP contribution is 2.61. The van der Waals surface area contributed by atoms with Crippen molar-refractivity contribution in [2.45, 2.75) is 23.3 Å². The van der Waals surface area contributed by atoms with Crippen LogP contribution in [0.5, 0.6) is 11.6 Å². The van der Waals surface area contributed by atoms with Crippen molar-refractivity contribution in [3.63, 3.8) is 0 Å². The van der Waals surface area contributed by atoms with Gasteiger partial charge in [-0.25, -0.2) is 18.7 Å². The fourth-order valence-electron chi connectivity index (χ4n) is 4.11. The van der Waals surface area contributed by atoms with E-state index >= 15 is 4.39 Å². The summed E-state index contributed by atoms with van der Waals surface area (Å²) in [6, 6.07) is 9.00. The van der Waals surface area contributed by atoms with Crippen LogP contribution in [0.25, 0.3) is 0 Å². The van der Waals surface area contributed by atoms with E-state index in [1.54, 1.807) is 0 Å². The Morgan fingerprint density at radius 1 is 1.39 bits per heavy atom. The van der Waals surface area contributed by atoms with Crippen molar-refractivity contribution in [1.29, 1.82) is 5.26 Å². The first-order chi connectivity index (χ1) is 15.7. The van der Waals surface area contributed by atoms with E-state index in [4.69, 9.17) is 25.2 Å². The number of benzene rings is 1. The minimum atomic E-state index is -3.48. The molecule has 2 aliphatic rings. The number of aromatic nitrogens is 1. The summed E-state index contributed by atoms with van der Waals surface area (Å²) < 4.78 is 55.3. The van der Waals surface area contributed by atoms with Gasteiger partial charge in [0.25, 0.3) is 0 Å². The van der Waals surface area contributed by atoms with Gasteiger partial charge in [0.15, 0.2) is 0 Å². The lowest BCUT2D eigenvalue weighted by molar-refractivity contribution is -0.0625. The van der Waals surface area contributed by atoms with Crippen molar-refractivity contribution in [2.24, 2.45) is 10.7 Å². The molecule has 1 fully saturated rings. The number of nitrogens with two attached hydrogens (primary N) is 1. The number of guanidine groups is 1. The second-order valence-electron chi connectivity index (χ2n) is 7.80. The standard InChI is InChI=1S/C21H24FN5O5S/c1-27-20(24)26-21(12-31-15(11-30-2)9-18(21)33(27,28)29)16-8-14(3-4-17(16)22)32-19-7-13(10-23)5-6-25-19/h3-8,15,18,28-29H,9,11-12H2,1-2H3,(H2,24,26)/t15-,18-,21-/m1/s1. The topological polar surface area (TPSA) is 146 Å². The predicted octanol–water partition coefficient (Wildman–Crippen LogP) is 2.81. The van der Waals surface area contributed by atoms with Crippen LogP contribution in [0.4, 0.5) is 4.39 Å². The lowest BCUT2D eigenvalue weighted by Crippen LogP contribution is -2.60. The van der Waals surface area contributed by atoms with Gasteiger partial charge in [-0.1, -0.05) is 0 Å². The van der Waals surface area contributed by atoms with Crippen LogP contribution in [0.3, 0.4) is 0 Å². The van der Waals surface area contributed by atoms with Gasteiger partial charge in [-0.05, 0) is 24.3 Å². The lowest BCUT2D eigenvalue weighted by Gasteiger charge is -2.58. The molecule has 4 N–H and O–H groups in total. The van der Waals surface area contributed by atoms with E-state index in [0.29, 0.717) is 5.56 Å². The monoisotopic (exact) mass is 477 g/mol. The third-order valence-corrected chi connectivity index (χ3v) is 8.15. The molecular weight excluding hydrogens is 453 g/mol. The number of nitrogens with zero attached hydrogens (tertiary/aromatic N) is 4. The molecule has 12 heteroatoms. The van der Waals surface area contributed by atoms with Crippen LogP contribution < -0.4 is 10.5 Å². The van der Waals surface area contributed by atoms with Gasteiger partial charge in [-0.3, -0.25) is 9.11 Å². The molecule has 2 aromatic rings. The average Bonchev–Trinajstić information content (AvgIpc) is 2.80. The van der Waals surface area contributed by atoms with Crippen LogP contribution in [0.1, 0.15) is 17.5 Å². The van der Waals surface area contributed by atoms with E-state index in [-0.39, 0.29) is 42.8 Å². The summed E-state index contributed by atoms with van der Waals surface area (Å²) in [6.07, 6.45) is 1.16. The Morgan fingerprint density at radius 2 is 2.18 bits per heavy atom. The lowest BCUT2D eigenvalue weighted by atomic mass is 9.82. The number of rotatable bonds is 5. The molecule has 0 aliphatic carbocycles. The average molecular weight is 478 g/mol. The van der Waals surface area contributed by atoms with Crippen molar-refractivity contribution in [3.05, 3.63) is 53.5 Å². The number of hydrogen-bond acceptors (Lipinski definition) is 10. The van der Waals surface area contributed by atoms with E-state index in [9.17, 15) is 9.11 Å². The SMILES string of the molecule is COC[C@H]1C[C@@H]2[C@](c3cc(Oc4cc(C#N)ccn4)ccc3F)(CO1)N=C(N)N(C)S2(O)O. The molecule has 0 saturated carbocycles. The number of methoxy groups -OCH3 is 1. The Kier molecular flexibility index (Phi) is 6.17. The van der Waals surface area contributed by atoms with Gasteiger partial charge < -0.3 is 19.9 Å². The molecule has 1 aromatic carbocycles. The summed E-state index contributed by atoms with van der Waals surface area (Å²) in [6.45, 7) is 0.0934. The van der Waals surface area contributed by atoms with Crippen LogP contribution in [-0.2, 0) is 15.0 Å². The van der Waals surface area contributed by atoms with Crippen molar-refractivity contribution in [1.82, 2.24) is 9.29 Å². The van der Waals surface area contributed by atoms with Crippen LogP contribution in [0.2, 0.25) is 0 Å². The molecule has 10 nitrogen and oxygen atoms in total. The van der Waals surface area contributed by atoms with Gasteiger partial charge in [0.2, 0.25) is 11.8 Å². The minimum Gasteiger partial charge on any atom is -0.439 e. The van der Waals surface area contributed by atoms with Crippen LogP contribution in [0.15, 0.2) is 41.5 Å². The summed E-state index contributed by atoms with van der Waals surface area (Å²) in [4.78, 5) is 8.58. The number of nitriles is 1. The first-order valence-corrected chi connectivity index (χ1v) is 11.6. The van der Waals surface area contributed by atoms with E-state index in [2.05, 4.69) is 9.98 Å². The highest BCUT2D eigenvalue weighted by molar-refractivity contribution is 8.23. The second kappa shape index (κ2) is 8.77. The first-order valence-electron chi connectivity index (χ1n) is 10.0. The zero-order valence-electron chi connectivity index (χ0n) is 18.0. The van der Waals surface area contributed by atoms with E-state index in [1.165, 1.54) is 50.7 Å². The highest BCUT2D eigenvalue weighted by Gasteiger charge is 2.57. The molecule has 3 atom stereocenters. The van der Waals surface area contributed by atoms with Gasteiger partial charge in [0.05, 0.1) is 31.0 Å². The van der Waals surface area contributed by atoms with Gasteiger partial charge in [0.1, 0.15) is 22.4 Å². The molecule has 0 amide bonds. The Hall–Kier alpha value is -2.95. The molecule has 176 valence electrons. The van der Waals surface area contributed by atoms with Gasteiger partial charge in [-0.2, -0.15) is 5.26 Å². The number of fused-ring (bicyclic) bond motifs is 1. The number of pyridine rings is 1. The largest absolute Gasteiger partial charge is 0.439 e. The maximum Gasteiger partial charge on any atom is 0.220 e. The van der Waals surface area contributed by atoms with Crippen molar-refractivity contribution >= 4 is 16.7 Å². The zero-order chi connectivity index (χ0) is 23.8. The van der Waals surface area contributed by atoms with Gasteiger partial charge in [0, 0.05) is 38.4 Å². The maximum atomic E-state index is 15.2. The molecular formula is C21H24FN5O5S. The highest BCUT2D eigenvalue weighted by atomic mass is 32.3. The molecule has 2 aliphatic heterocycles. The fourth-order valence-corrected chi connectivity index (χ4v) is 6.05. The second-order valence-corrected chi connectivity index (χ2v) is 10.0. The van der Waals surface area contributed by atoms with Crippen LogP contribution >= 0.6 is 10.8 Å². The van der Waals surface area contributed by atoms with E-state index in [0.717, 1.165) is 4.31 Å². The van der Waals surface area contributed by atoms with E-state index < -0.39 is 33.5 Å².